The van der Waals surface area contributed by atoms with Crippen LogP contribution in [-0.4, -0.2) is 6.54 Å². The molecule has 0 unspecified atom stereocenters. The highest BCUT2D eigenvalue weighted by atomic mass is 15.1. The lowest BCUT2D eigenvalue weighted by atomic mass is 10.2. The Morgan fingerprint density at radius 1 is 0.944 bits per heavy atom. The van der Waals surface area contributed by atoms with Gasteiger partial charge in [0, 0.05) is 17.1 Å². The van der Waals surface area contributed by atoms with Crippen molar-refractivity contribution in [1.82, 2.24) is 0 Å². The molecule has 2 aromatic carbocycles. The molecule has 0 atom stereocenters. The smallest absolute Gasteiger partial charge is 0.0623 e. The first-order chi connectivity index (χ1) is 8.81. The van der Waals surface area contributed by atoms with Crippen molar-refractivity contribution < 1.29 is 0 Å². The maximum Gasteiger partial charge on any atom is 0.0623 e. The average molecular weight is 238 g/mol. The highest BCUT2D eigenvalue weighted by Crippen LogP contribution is 2.25. The van der Waals surface area contributed by atoms with Crippen LogP contribution in [0.25, 0.3) is 0 Å². The standard InChI is InChI=1S/C16H18N2/c1-2-14(17)13-18(15-9-5-3-6-10-15)16-11-7-4-8-12-16/h2-12H,13,17H2,1H3/b14-2-. The van der Waals surface area contributed by atoms with Crippen molar-refractivity contribution in [2.45, 2.75) is 6.92 Å². The van der Waals surface area contributed by atoms with Crippen LogP contribution in [0.2, 0.25) is 0 Å². The molecule has 0 aliphatic carbocycles. The molecule has 0 aliphatic heterocycles. The van der Waals surface area contributed by atoms with Crippen LogP contribution in [0, 0.1) is 0 Å². The first-order valence-electron chi connectivity index (χ1n) is 6.09. The second-order valence-corrected chi connectivity index (χ2v) is 4.12. The van der Waals surface area contributed by atoms with Gasteiger partial charge in [-0.2, -0.15) is 0 Å². The molecule has 2 N–H and O–H groups in total. The predicted octanol–water partition coefficient (Wildman–Crippen LogP) is 3.69. The molecule has 2 aromatic rings. The first kappa shape index (κ1) is 12.2. The zero-order valence-electron chi connectivity index (χ0n) is 10.6. The third-order valence-corrected chi connectivity index (χ3v) is 2.85. The summed E-state index contributed by atoms with van der Waals surface area (Å²) in [6, 6.07) is 20.6. The summed E-state index contributed by atoms with van der Waals surface area (Å²) in [6.45, 7) is 2.66. The van der Waals surface area contributed by atoms with Gasteiger partial charge in [-0.15, -0.1) is 0 Å². The van der Waals surface area contributed by atoms with Gasteiger partial charge in [0.2, 0.25) is 0 Å². The summed E-state index contributed by atoms with van der Waals surface area (Å²) < 4.78 is 0. The highest BCUT2D eigenvalue weighted by Gasteiger charge is 2.08. The minimum atomic E-state index is 0.699. The number of anilines is 2. The molecule has 0 bridgehead atoms. The van der Waals surface area contributed by atoms with Gasteiger partial charge in [-0.05, 0) is 31.2 Å². The molecule has 0 aromatic heterocycles. The largest absolute Gasteiger partial charge is 0.401 e. The fourth-order valence-electron chi connectivity index (χ4n) is 1.82. The first-order valence-corrected chi connectivity index (χ1v) is 6.09. The number of allylic oxidation sites excluding steroid dienone is 1. The van der Waals surface area contributed by atoms with Crippen molar-refractivity contribution in [2.24, 2.45) is 5.73 Å². The summed E-state index contributed by atoms with van der Waals surface area (Å²) in [4.78, 5) is 2.20. The molecule has 0 amide bonds. The molecule has 2 heteroatoms. The van der Waals surface area contributed by atoms with Gasteiger partial charge in [-0.3, -0.25) is 0 Å². The van der Waals surface area contributed by atoms with Gasteiger partial charge < -0.3 is 10.6 Å². The van der Waals surface area contributed by atoms with Crippen LogP contribution in [0.3, 0.4) is 0 Å². The van der Waals surface area contributed by atoms with Gasteiger partial charge in [0.05, 0.1) is 6.54 Å². The van der Waals surface area contributed by atoms with E-state index in [1.165, 1.54) is 0 Å². The third kappa shape index (κ3) is 2.92. The van der Waals surface area contributed by atoms with E-state index < -0.39 is 0 Å². The van der Waals surface area contributed by atoms with Crippen molar-refractivity contribution in [3.05, 3.63) is 72.4 Å². The minimum absolute atomic E-state index is 0.699. The van der Waals surface area contributed by atoms with Crippen molar-refractivity contribution >= 4 is 11.4 Å². The zero-order valence-corrected chi connectivity index (χ0v) is 10.6. The van der Waals surface area contributed by atoms with E-state index in [1.807, 2.05) is 49.4 Å². The minimum Gasteiger partial charge on any atom is -0.401 e. The molecule has 2 rings (SSSR count). The Kier molecular flexibility index (Phi) is 4.02. The molecule has 18 heavy (non-hydrogen) atoms. The number of rotatable bonds is 4. The lowest BCUT2D eigenvalue weighted by Crippen LogP contribution is -2.23. The zero-order chi connectivity index (χ0) is 12.8. The summed E-state index contributed by atoms with van der Waals surface area (Å²) in [5, 5.41) is 0. The number of hydrogen-bond donors (Lipinski definition) is 1. The van der Waals surface area contributed by atoms with Gasteiger partial charge >= 0.3 is 0 Å². The SMILES string of the molecule is C/C=C(\N)CN(c1ccccc1)c1ccccc1. The van der Waals surface area contributed by atoms with Crippen LogP contribution in [0.5, 0.6) is 0 Å². The van der Waals surface area contributed by atoms with Crippen molar-refractivity contribution in [3.8, 4) is 0 Å². The fourth-order valence-corrected chi connectivity index (χ4v) is 1.82. The number of nitrogens with zero attached hydrogens (tertiary/aromatic N) is 1. The normalized spacial score (nSPS) is 11.3. The Balaban J connectivity index is 2.35. The summed E-state index contributed by atoms with van der Waals surface area (Å²) in [5.41, 5.74) is 9.13. The third-order valence-electron chi connectivity index (χ3n) is 2.85. The van der Waals surface area contributed by atoms with Crippen LogP contribution < -0.4 is 10.6 Å². The number of para-hydroxylation sites is 2. The predicted molar refractivity (Wildman–Crippen MR) is 77.8 cm³/mol. The number of benzene rings is 2. The molecule has 92 valence electrons. The van der Waals surface area contributed by atoms with Crippen LogP contribution in [0.1, 0.15) is 6.92 Å². The Hall–Kier alpha value is -2.22. The summed E-state index contributed by atoms with van der Waals surface area (Å²) in [5.74, 6) is 0. The van der Waals surface area contributed by atoms with E-state index >= 15 is 0 Å². The molecule has 0 saturated carbocycles. The van der Waals surface area contributed by atoms with E-state index in [-0.39, 0.29) is 0 Å². The van der Waals surface area contributed by atoms with E-state index in [1.54, 1.807) is 0 Å². The quantitative estimate of drug-likeness (QED) is 0.880. The monoisotopic (exact) mass is 238 g/mol. The van der Waals surface area contributed by atoms with Crippen molar-refractivity contribution in [2.75, 3.05) is 11.4 Å². The number of nitrogens with two attached hydrogens (primary N) is 1. The molecule has 0 heterocycles. The van der Waals surface area contributed by atoms with E-state index in [0.29, 0.717) is 6.54 Å². The van der Waals surface area contributed by atoms with Gasteiger partial charge in [-0.1, -0.05) is 42.5 Å². The van der Waals surface area contributed by atoms with Crippen molar-refractivity contribution in [3.63, 3.8) is 0 Å². The Bertz CT molecular complexity index is 464. The Labute approximate surface area is 108 Å². The molecule has 0 fully saturated rings. The van der Waals surface area contributed by atoms with E-state index in [0.717, 1.165) is 17.1 Å². The molecule has 0 aliphatic rings. The highest BCUT2D eigenvalue weighted by molar-refractivity contribution is 5.63. The lowest BCUT2D eigenvalue weighted by Gasteiger charge is -2.25. The van der Waals surface area contributed by atoms with Gasteiger partial charge in [0.25, 0.3) is 0 Å². The van der Waals surface area contributed by atoms with Crippen LogP contribution >= 0.6 is 0 Å². The Morgan fingerprint density at radius 2 is 1.39 bits per heavy atom. The van der Waals surface area contributed by atoms with Gasteiger partial charge in [-0.25, -0.2) is 0 Å². The Morgan fingerprint density at radius 3 is 1.78 bits per heavy atom. The molecule has 0 spiro atoms. The molecule has 0 radical (unpaired) electrons. The van der Waals surface area contributed by atoms with E-state index in [4.69, 9.17) is 5.73 Å². The second-order valence-electron chi connectivity index (χ2n) is 4.12. The summed E-state index contributed by atoms with van der Waals surface area (Å²) >= 11 is 0. The number of hydrogen-bond acceptors (Lipinski definition) is 2. The van der Waals surface area contributed by atoms with E-state index in [9.17, 15) is 0 Å². The summed E-state index contributed by atoms with van der Waals surface area (Å²) in [6.07, 6.45) is 1.94. The van der Waals surface area contributed by atoms with Gasteiger partial charge in [0.15, 0.2) is 0 Å². The van der Waals surface area contributed by atoms with Crippen LogP contribution in [0.15, 0.2) is 72.4 Å². The topological polar surface area (TPSA) is 29.3 Å². The van der Waals surface area contributed by atoms with Crippen molar-refractivity contribution in [1.29, 1.82) is 0 Å². The van der Waals surface area contributed by atoms with E-state index in [2.05, 4.69) is 29.2 Å². The molecular weight excluding hydrogens is 220 g/mol. The fraction of sp³-hybridized carbons (Fsp3) is 0.125. The molecule has 2 nitrogen and oxygen atoms in total. The van der Waals surface area contributed by atoms with Crippen LogP contribution in [0.4, 0.5) is 11.4 Å². The van der Waals surface area contributed by atoms with Gasteiger partial charge in [0.1, 0.15) is 0 Å². The lowest BCUT2D eigenvalue weighted by molar-refractivity contribution is 1.01. The average Bonchev–Trinajstić information content (AvgIpc) is 2.46. The maximum absolute atomic E-state index is 5.97. The summed E-state index contributed by atoms with van der Waals surface area (Å²) in [7, 11) is 0. The molecule has 0 saturated heterocycles. The van der Waals surface area contributed by atoms with Crippen LogP contribution in [-0.2, 0) is 0 Å². The molecular formula is C16H18N2. The maximum atomic E-state index is 5.97. The second kappa shape index (κ2) is 5.92.